The molecule has 1 aliphatic rings. The highest BCUT2D eigenvalue weighted by atomic mass is 79.9. The molecular weight excluding hydrogens is 328 g/mol. The van der Waals surface area contributed by atoms with Gasteiger partial charge in [0.2, 0.25) is 0 Å². The van der Waals surface area contributed by atoms with E-state index in [4.69, 9.17) is 0 Å². The highest BCUT2D eigenvalue weighted by molar-refractivity contribution is 9.10. The number of hydrogen-bond donors (Lipinski definition) is 1. The molecule has 0 aliphatic carbocycles. The molecule has 1 N–H and O–H groups in total. The first kappa shape index (κ1) is 14.3. The lowest BCUT2D eigenvalue weighted by Crippen LogP contribution is -2.33. The molecule has 1 aliphatic heterocycles. The molecule has 0 saturated carbocycles. The van der Waals surface area contributed by atoms with Gasteiger partial charge in [0, 0.05) is 23.6 Å². The number of aromatic nitrogens is 2. The Morgan fingerprint density at radius 2 is 1.95 bits per heavy atom. The highest BCUT2D eigenvalue weighted by Crippen LogP contribution is 2.26. The van der Waals surface area contributed by atoms with Crippen molar-refractivity contribution in [3.05, 3.63) is 41.1 Å². The lowest BCUT2D eigenvalue weighted by molar-refractivity contribution is 0.436. The summed E-state index contributed by atoms with van der Waals surface area (Å²) in [5.74, 6) is 2.65. The van der Waals surface area contributed by atoms with Gasteiger partial charge >= 0.3 is 0 Å². The van der Waals surface area contributed by atoms with Gasteiger partial charge in [-0.25, -0.2) is 9.97 Å². The molecule has 2 heterocycles. The zero-order valence-electron chi connectivity index (χ0n) is 12.1. The first-order valence-corrected chi connectivity index (χ1v) is 8.10. The Balaban J connectivity index is 1.76. The summed E-state index contributed by atoms with van der Waals surface area (Å²) in [5.41, 5.74) is 1.01. The Bertz CT molecular complexity index is 609. The maximum absolute atomic E-state index is 4.42. The van der Waals surface area contributed by atoms with Gasteiger partial charge < -0.3 is 10.2 Å². The van der Waals surface area contributed by atoms with Crippen LogP contribution in [0, 0.1) is 5.92 Å². The maximum Gasteiger partial charge on any atom is 0.135 e. The van der Waals surface area contributed by atoms with Crippen molar-refractivity contribution in [3.8, 4) is 0 Å². The zero-order valence-corrected chi connectivity index (χ0v) is 13.7. The van der Waals surface area contributed by atoms with Crippen molar-refractivity contribution in [3.63, 3.8) is 0 Å². The second-order valence-corrected chi connectivity index (χ2v) is 6.39. The van der Waals surface area contributed by atoms with E-state index in [0.717, 1.165) is 40.8 Å². The van der Waals surface area contributed by atoms with Gasteiger partial charge in [0.15, 0.2) is 0 Å². The van der Waals surface area contributed by atoms with Crippen molar-refractivity contribution in [2.75, 3.05) is 23.3 Å². The third-order valence-electron chi connectivity index (χ3n) is 3.90. The van der Waals surface area contributed by atoms with Crippen LogP contribution >= 0.6 is 15.9 Å². The zero-order chi connectivity index (χ0) is 14.7. The molecule has 1 aromatic heterocycles. The lowest BCUT2D eigenvalue weighted by atomic mass is 9.99. The molecular formula is C16H19BrN4. The molecule has 110 valence electrons. The number of rotatable bonds is 3. The number of benzene rings is 1. The van der Waals surface area contributed by atoms with Crippen LogP contribution in [0.5, 0.6) is 0 Å². The number of piperidine rings is 1. The maximum atomic E-state index is 4.42. The van der Waals surface area contributed by atoms with Crippen LogP contribution in [0.2, 0.25) is 0 Å². The van der Waals surface area contributed by atoms with Crippen molar-refractivity contribution in [2.24, 2.45) is 5.92 Å². The predicted octanol–water partition coefficient (Wildman–Crippen LogP) is 4.22. The number of nitrogens with one attached hydrogen (secondary N) is 1. The van der Waals surface area contributed by atoms with Crippen LogP contribution in [0.1, 0.15) is 19.8 Å². The molecule has 0 radical (unpaired) electrons. The highest BCUT2D eigenvalue weighted by Gasteiger charge is 2.17. The molecule has 0 bridgehead atoms. The summed E-state index contributed by atoms with van der Waals surface area (Å²) in [4.78, 5) is 11.1. The summed E-state index contributed by atoms with van der Waals surface area (Å²) in [7, 11) is 0. The Morgan fingerprint density at radius 1 is 1.19 bits per heavy atom. The van der Waals surface area contributed by atoms with E-state index in [1.165, 1.54) is 12.8 Å². The molecule has 4 nitrogen and oxygen atoms in total. The Morgan fingerprint density at radius 3 is 2.71 bits per heavy atom. The van der Waals surface area contributed by atoms with Gasteiger partial charge in [-0.1, -0.05) is 19.1 Å². The summed E-state index contributed by atoms with van der Waals surface area (Å²) >= 11 is 3.54. The van der Waals surface area contributed by atoms with E-state index in [2.05, 4.69) is 43.0 Å². The fraction of sp³-hybridized carbons (Fsp3) is 0.375. The largest absolute Gasteiger partial charge is 0.356 e. The number of para-hydroxylation sites is 1. The Kier molecular flexibility index (Phi) is 4.39. The molecule has 1 aromatic carbocycles. The molecule has 3 rings (SSSR count). The number of nitrogens with zero attached hydrogens (tertiary/aromatic N) is 3. The summed E-state index contributed by atoms with van der Waals surface area (Å²) < 4.78 is 1.02. The minimum absolute atomic E-state index is 0.820. The van der Waals surface area contributed by atoms with Crippen LogP contribution in [0.25, 0.3) is 0 Å². The van der Waals surface area contributed by atoms with Gasteiger partial charge in [-0.05, 0) is 46.8 Å². The van der Waals surface area contributed by atoms with Crippen molar-refractivity contribution in [1.29, 1.82) is 0 Å². The monoisotopic (exact) mass is 346 g/mol. The standard InChI is InChI=1S/C16H19BrN4/c1-12-6-8-21(9-7-12)16-10-15(18-11-19-16)20-14-5-3-2-4-13(14)17/h2-5,10-12H,6-9H2,1H3,(H,18,19,20). The molecule has 0 unspecified atom stereocenters. The van der Waals surface area contributed by atoms with Gasteiger partial charge in [0.1, 0.15) is 18.0 Å². The van der Waals surface area contributed by atoms with E-state index < -0.39 is 0 Å². The quantitative estimate of drug-likeness (QED) is 0.903. The third-order valence-corrected chi connectivity index (χ3v) is 4.59. The van der Waals surface area contributed by atoms with Gasteiger partial charge in [-0.2, -0.15) is 0 Å². The molecule has 1 saturated heterocycles. The fourth-order valence-corrected chi connectivity index (χ4v) is 2.91. The van der Waals surface area contributed by atoms with Gasteiger partial charge in [-0.15, -0.1) is 0 Å². The minimum Gasteiger partial charge on any atom is -0.356 e. The molecule has 1 fully saturated rings. The number of hydrogen-bond acceptors (Lipinski definition) is 4. The van der Waals surface area contributed by atoms with Crippen LogP contribution < -0.4 is 10.2 Å². The van der Waals surface area contributed by atoms with E-state index in [0.29, 0.717) is 0 Å². The fourth-order valence-electron chi connectivity index (χ4n) is 2.53. The molecule has 2 aromatic rings. The third kappa shape index (κ3) is 3.53. The van der Waals surface area contributed by atoms with Crippen molar-refractivity contribution in [2.45, 2.75) is 19.8 Å². The topological polar surface area (TPSA) is 41.0 Å². The summed E-state index contributed by atoms with van der Waals surface area (Å²) in [6.07, 6.45) is 4.10. The molecule has 0 atom stereocenters. The molecule has 0 amide bonds. The second kappa shape index (κ2) is 6.43. The second-order valence-electron chi connectivity index (χ2n) is 5.54. The SMILES string of the molecule is CC1CCN(c2cc(Nc3ccccc3Br)ncn2)CC1. The average Bonchev–Trinajstić information content (AvgIpc) is 2.51. The minimum atomic E-state index is 0.820. The van der Waals surface area contributed by atoms with Crippen molar-refractivity contribution >= 4 is 33.3 Å². The Hall–Kier alpha value is -1.62. The van der Waals surface area contributed by atoms with Crippen molar-refractivity contribution < 1.29 is 0 Å². The summed E-state index contributed by atoms with van der Waals surface area (Å²) in [5, 5.41) is 3.34. The van der Waals surface area contributed by atoms with E-state index in [1.807, 2.05) is 30.3 Å². The smallest absolute Gasteiger partial charge is 0.135 e. The first-order valence-electron chi connectivity index (χ1n) is 7.31. The normalized spacial score (nSPS) is 16.0. The number of halogens is 1. The summed E-state index contributed by atoms with van der Waals surface area (Å²) in [6.45, 7) is 4.47. The van der Waals surface area contributed by atoms with Crippen molar-refractivity contribution in [1.82, 2.24) is 9.97 Å². The van der Waals surface area contributed by atoms with E-state index in [1.54, 1.807) is 6.33 Å². The average molecular weight is 347 g/mol. The van der Waals surface area contributed by atoms with Crippen LogP contribution in [0.4, 0.5) is 17.3 Å². The summed E-state index contributed by atoms with van der Waals surface area (Å²) in [6, 6.07) is 10.1. The van der Waals surface area contributed by atoms with E-state index in [9.17, 15) is 0 Å². The predicted molar refractivity (Wildman–Crippen MR) is 90.1 cm³/mol. The lowest BCUT2D eigenvalue weighted by Gasteiger charge is -2.31. The molecule has 0 spiro atoms. The van der Waals surface area contributed by atoms with E-state index in [-0.39, 0.29) is 0 Å². The Labute approximate surface area is 133 Å². The molecule has 21 heavy (non-hydrogen) atoms. The van der Waals surface area contributed by atoms with Gasteiger partial charge in [-0.3, -0.25) is 0 Å². The number of anilines is 3. The first-order chi connectivity index (χ1) is 10.2. The van der Waals surface area contributed by atoms with Crippen LogP contribution in [0.3, 0.4) is 0 Å². The van der Waals surface area contributed by atoms with E-state index >= 15 is 0 Å². The van der Waals surface area contributed by atoms with Crippen LogP contribution in [-0.2, 0) is 0 Å². The van der Waals surface area contributed by atoms with Crippen LogP contribution in [-0.4, -0.2) is 23.1 Å². The molecule has 5 heteroatoms. The van der Waals surface area contributed by atoms with Crippen LogP contribution in [0.15, 0.2) is 41.1 Å². The van der Waals surface area contributed by atoms with Gasteiger partial charge in [0.05, 0.1) is 5.69 Å². The van der Waals surface area contributed by atoms with Gasteiger partial charge in [0.25, 0.3) is 0 Å².